The highest BCUT2D eigenvalue weighted by atomic mass is 32.2. The van der Waals surface area contributed by atoms with E-state index in [9.17, 15) is 9.59 Å². The Labute approximate surface area is 113 Å². The first kappa shape index (κ1) is 15.3. The van der Waals surface area contributed by atoms with Crippen LogP contribution in [0.3, 0.4) is 0 Å². The molecule has 1 aliphatic rings. The normalized spacial score (nSPS) is 20.7. The number of amides is 1. The monoisotopic (exact) mass is 273 g/mol. The van der Waals surface area contributed by atoms with Crippen LogP contribution in [-0.2, 0) is 9.53 Å². The van der Waals surface area contributed by atoms with E-state index in [4.69, 9.17) is 4.74 Å². The van der Waals surface area contributed by atoms with E-state index >= 15 is 0 Å². The summed E-state index contributed by atoms with van der Waals surface area (Å²) in [7, 11) is 0. The summed E-state index contributed by atoms with van der Waals surface area (Å²) in [6, 6.07) is 0. The molecule has 0 aliphatic carbocycles. The van der Waals surface area contributed by atoms with E-state index in [-0.39, 0.29) is 11.2 Å². The summed E-state index contributed by atoms with van der Waals surface area (Å²) in [6.07, 6.45) is 1.84. The van der Waals surface area contributed by atoms with E-state index in [2.05, 4.69) is 0 Å². The summed E-state index contributed by atoms with van der Waals surface area (Å²) in [5.41, 5.74) is -0.446. The molecule has 0 aromatic heterocycles. The van der Waals surface area contributed by atoms with Crippen molar-refractivity contribution in [2.24, 2.45) is 5.92 Å². The maximum Gasteiger partial charge on any atom is 0.410 e. The SMILES string of the molecule is CC(=O)SC[C@H]1CCCN(C(=O)OC(C)(C)C)C1. The summed E-state index contributed by atoms with van der Waals surface area (Å²) in [4.78, 5) is 24.6. The number of piperidine rings is 1. The van der Waals surface area contributed by atoms with Crippen LogP contribution in [0.15, 0.2) is 0 Å². The zero-order valence-corrected chi connectivity index (χ0v) is 12.5. The van der Waals surface area contributed by atoms with Crippen molar-refractivity contribution in [2.45, 2.75) is 46.1 Å². The first-order valence-electron chi connectivity index (χ1n) is 6.39. The molecule has 1 heterocycles. The molecule has 18 heavy (non-hydrogen) atoms. The molecule has 1 atom stereocenters. The van der Waals surface area contributed by atoms with Gasteiger partial charge in [-0.3, -0.25) is 4.79 Å². The topological polar surface area (TPSA) is 46.6 Å². The average Bonchev–Trinajstić information content (AvgIpc) is 2.24. The van der Waals surface area contributed by atoms with Crippen molar-refractivity contribution < 1.29 is 14.3 Å². The van der Waals surface area contributed by atoms with E-state index in [1.165, 1.54) is 11.8 Å². The highest BCUT2D eigenvalue weighted by Gasteiger charge is 2.27. The van der Waals surface area contributed by atoms with E-state index in [0.717, 1.165) is 25.1 Å². The minimum absolute atomic E-state index is 0.143. The summed E-state index contributed by atoms with van der Waals surface area (Å²) in [5.74, 6) is 1.20. The predicted molar refractivity (Wildman–Crippen MR) is 73.7 cm³/mol. The Bertz CT molecular complexity index is 312. The van der Waals surface area contributed by atoms with Crippen LogP contribution >= 0.6 is 11.8 Å². The second kappa shape index (κ2) is 6.45. The van der Waals surface area contributed by atoms with Crippen molar-refractivity contribution in [3.63, 3.8) is 0 Å². The average molecular weight is 273 g/mol. The number of rotatable bonds is 2. The molecule has 0 bridgehead atoms. The summed E-state index contributed by atoms with van der Waals surface area (Å²) < 4.78 is 5.36. The molecule has 0 radical (unpaired) electrons. The van der Waals surface area contributed by atoms with E-state index in [0.29, 0.717) is 12.5 Å². The molecule has 5 heteroatoms. The highest BCUT2D eigenvalue weighted by molar-refractivity contribution is 8.13. The molecule has 1 fully saturated rings. The number of ether oxygens (including phenoxy) is 1. The molecular weight excluding hydrogens is 250 g/mol. The molecule has 0 spiro atoms. The van der Waals surface area contributed by atoms with Gasteiger partial charge >= 0.3 is 6.09 Å². The molecule has 1 amide bonds. The lowest BCUT2D eigenvalue weighted by Gasteiger charge is -2.33. The molecular formula is C13H23NO3S. The smallest absolute Gasteiger partial charge is 0.410 e. The maximum atomic E-state index is 11.9. The quantitative estimate of drug-likeness (QED) is 0.776. The molecule has 4 nitrogen and oxygen atoms in total. The molecule has 0 saturated carbocycles. The van der Waals surface area contributed by atoms with Crippen LogP contribution in [0.5, 0.6) is 0 Å². The van der Waals surface area contributed by atoms with Crippen LogP contribution in [-0.4, -0.2) is 40.6 Å². The Morgan fingerprint density at radius 3 is 2.61 bits per heavy atom. The number of likely N-dealkylation sites (tertiary alicyclic amines) is 1. The van der Waals surface area contributed by atoms with Gasteiger partial charge in [-0.1, -0.05) is 11.8 Å². The largest absolute Gasteiger partial charge is 0.444 e. The van der Waals surface area contributed by atoms with Crippen molar-refractivity contribution in [3.8, 4) is 0 Å². The van der Waals surface area contributed by atoms with Gasteiger partial charge in [-0.05, 0) is 39.5 Å². The van der Waals surface area contributed by atoms with Gasteiger partial charge in [0.25, 0.3) is 0 Å². The summed E-state index contributed by atoms with van der Waals surface area (Å²) in [5, 5.41) is 0.143. The van der Waals surface area contributed by atoms with Crippen LogP contribution in [0.4, 0.5) is 4.79 Å². The second-order valence-electron chi connectivity index (χ2n) is 5.74. The second-order valence-corrected chi connectivity index (χ2v) is 6.93. The molecule has 0 aromatic carbocycles. The van der Waals surface area contributed by atoms with Crippen LogP contribution in [0.1, 0.15) is 40.5 Å². The highest BCUT2D eigenvalue weighted by Crippen LogP contribution is 2.22. The molecule has 1 saturated heterocycles. The third kappa shape index (κ3) is 5.76. The van der Waals surface area contributed by atoms with Gasteiger partial charge in [-0.25, -0.2) is 4.79 Å². The number of hydrogen-bond donors (Lipinski definition) is 0. The van der Waals surface area contributed by atoms with Gasteiger partial charge in [0.1, 0.15) is 5.60 Å². The van der Waals surface area contributed by atoms with Crippen LogP contribution < -0.4 is 0 Å². The standard InChI is InChI=1S/C13H23NO3S/c1-10(15)18-9-11-6-5-7-14(8-11)12(16)17-13(2,3)4/h11H,5-9H2,1-4H3/t11-/m0/s1. The van der Waals surface area contributed by atoms with Crippen LogP contribution in [0.2, 0.25) is 0 Å². The summed E-state index contributed by atoms with van der Waals surface area (Å²) >= 11 is 1.35. The van der Waals surface area contributed by atoms with Gasteiger partial charge in [0.15, 0.2) is 5.12 Å². The zero-order chi connectivity index (χ0) is 13.8. The fraction of sp³-hybridized carbons (Fsp3) is 0.846. The Morgan fingerprint density at radius 1 is 1.39 bits per heavy atom. The fourth-order valence-corrected chi connectivity index (χ4v) is 2.67. The van der Waals surface area contributed by atoms with Crippen molar-refractivity contribution in [1.82, 2.24) is 4.90 Å². The maximum absolute atomic E-state index is 11.9. The van der Waals surface area contributed by atoms with Crippen molar-refractivity contribution >= 4 is 23.0 Å². The van der Waals surface area contributed by atoms with Gasteiger partial charge in [-0.15, -0.1) is 0 Å². The number of hydrogen-bond acceptors (Lipinski definition) is 4. The van der Waals surface area contributed by atoms with Gasteiger partial charge in [0, 0.05) is 25.8 Å². The minimum Gasteiger partial charge on any atom is -0.444 e. The Hall–Kier alpha value is -0.710. The third-order valence-electron chi connectivity index (χ3n) is 2.69. The van der Waals surface area contributed by atoms with Crippen molar-refractivity contribution in [1.29, 1.82) is 0 Å². The lowest BCUT2D eigenvalue weighted by Crippen LogP contribution is -2.43. The summed E-state index contributed by atoms with van der Waals surface area (Å²) in [6.45, 7) is 8.66. The first-order chi connectivity index (χ1) is 8.28. The van der Waals surface area contributed by atoms with Crippen LogP contribution in [0, 0.1) is 5.92 Å². The van der Waals surface area contributed by atoms with Crippen molar-refractivity contribution in [2.75, 3.05) is 18.8 Å². The Kier molecular flexibility index (Phi) is 5.50. The number of carbonyl (C=O) groups is 2. The molecule has 0 aromatic rings. The number of carbonyl (C=O) groups excluding carboxylic acids is 2. The van der Waals surface area contributed by atoms with Crippen LogP contribution in [0.25, 0.3) is 0 Å². The predicted octanol–water partition coefficient (Wildman–Crippen LogP) is 2.91. The lowest BCUT2D eigenvalue weighted by atomic mass is 10.0. The molecule has 104 valence electrons. The first-order valence-corrected chi connectivity index (χ1v) is 7.38. The fourth-order valence-electron chi connectivity index (χ4n) is 1.93. The lowest BCUT2D eigenvalue weighted by molar-refractivity contribution is -0.109. The van der Waals surface area contributed by atoms with E-state index in [1.807, 2.05) is 20.8 Å². The van der Waals surface area contributed by atoms with E-state index < -0.39 is 5.60 Å². The molecule has 1 aliphatic heterocycles. The van der Waals surface area contributed by atoms with Gasteiger partial charge < -0.3 is 9.64 Å². The zero-order valence-electron chi connectivity index (χ0n) is 11.7. The molecule has 0 unspecified atom stereocenters. The van der Waals surface area contributed by atoms with Gasteiger partial charge in [-0.2, -0.15) is 0 Å². The number of thioether (sulfide) groups is 1. The molecule has 1 rings (SSSR count). The Morgan fingerprint density at radius 2 is 2.06 bits per heavy atom. The van der Waals surface area contributed by atoms with E-state index in [1.54, 1.807) is 11.8 Å². The van der Waals surface area contributed by atoms with Gasteiger partial charge in [0.2, 0.25) is 0 Å². The van der Waals surface area contributed by atoms with Crippen molar-refractivity contribution in [3.05, 3.63) is 0 Å². The van der Waals surface area contributed by atoms with Gasteiger partial charge in [0.05, 0.1) is 0 Å². The minimum atomic E-state index is -0.446. The Balaban J connectivity index is 2.43. The number of nitrogens with zero attached hydrogens (tertiary/aromatic N) is 1. The third-order valence-corrected chi connectivity index (χ3v) is 3.74. The molecule has 0 N–H and O–H groups in total.